The quantitative estimate of drug-likeness (QED) is 0.758. The zero-order chi connectivity index (χ0) is 13.4. The molecule has 3 heteroatoms. The minimum absolute atomic E-state index is 0.298. The van der Waals surface area contributed by atoms with Crippen LogP contribution in [0.3, 0.4) is 0 Å². The maximum atomic E-state index is 11.9. The summed E-state index contributed by atoms with van der Waals surface area (Å²) >= 11 is 0. The van der Waals surface area contributed by atoms with Crippen LogP contribution in [0, 0.1) is 0 Å². The van der Waals surface area contributed by atoms with Gasteiger partial charge < -0.3 is 9.47 Å². The van der Waals surface area contributed by atoms with Gasteiger partial charge in [0.05, 0.1) is 13.7 Å². The lowest BCUT2D eigenvalue weighted by molar-refractivity contribution is 0.0596. The molecule has 2 saturated carbocycles. The molecule has 0 N–H and O–H groups in total. The maximum Gasteiger partial charge on any atom is 0.341 e. The van der Waals surface area contributed by atoms with E-state index < -0.39 is 0 Å². The van der Waals surface area contributed by atoms with Crippen molar-refractivity contribution >= 4 is 5.97 Å². The van der Waals surface area contributed by atoms with E-state index in [4.69, 9.17) is 9.47 Å². The molecule has 0 unspecified atom stereocenters. The molecule has 0 amide bonds. The zero-order valence-electron chi connectivity index (χ0n) is 11.6. The molecule has 1 aromatic carbocycles. The van der Waals surface area contributed by atoms with E-state index in [0.29, 0.717) is 24.0 Å². The highest BCUT2D eigenvalue weighted by molar-refractivity contribution is 5.93. The summed E-state index contributed by atoms with van der Waals surface area (Å²) in [7, 11) is 1.42. The summed E-state index contributed by atoms with van der Waals surface area (Å²) in [6.07, 6.45) is 4.96. The summed E-state index contributed by atoms with van der Waals surface area (Å²) in [5, 5.41) is 0. The minimum Gasteiger partial charge on any atom is -0.493 e. The van der Waals surface area contributed by atoms with Crippen molar-refractivity contribution in [3.05, 3.63) is 28.8 Å². The molecule has 0 spiro atoms. The summed E-state index contributed by atoms with van der Waals surface area (Å²) in [5.41, 5.74) is 3.27. The molecule has 2 fully saturated rings. The lowest BCUT2D eigenvalue weighted by atomic mass is 9.95. The summed E-state index contributed by atoms with van der Waals surface area (Å²) < 4.78 is 10.7. The number of esters is 1. The van der Waals surface area contributed by atoms with Crippen molar-refractivity contribution in [2.75, 3.05) is 13.7 Å². The number of methoxy groups -OCH3 is 1. The van der Waals surface area contributed by atoms with Crippen molar-refractivity contribution < 1.29 is 14.3 Å². The van der Waals surface area contributed by atoms with Crippen LogP contribution in [0.25, 0.3) is 0 Å². The molecule has 3 nitrogen and oxygen atoms in total. The van der Waals surface area contributed by atoms with Crippen LogP contribution in [0.15, 0.2) is 12.1 Å². The molecule has 2 aliphatic rings. The summed E-state index contributed by atoms with van der Waals surface area (Å²) in [6.45, 7) is 2.54. The van der Waals surface area contributed by atoms with E-state index in [9.17, 15) is 4.79 Å². The number of hydrogen-bond donors (Lipinski definition) is 0. The smallest absolute Gasteiger partial charge is 0.341 e. The van der Waals surface area contributed by atoms with E-state index in [1.165, 1.54) is 43.9 Å². The molecule has 2 aliphatic carbocycles. The summed E-state index contributed by atoms with van der Waals surface area (Å²) in [6, 6.07) is 3.98. The maximum absolute atomic E-state index is 11.9. The van der Waals surface area contributed by atoms with E-state index in [1.807, 2.05) is 13.0 Å². The number of ether oxygens (including phenoxy) is 2. The van der Waals surface area contributed by atoms with Crippen LogP contribution >= 0.6 is 0 Å². The van der Waals surface area contributed by atoms with Gasteiger partial charge in [-0.3, -0.25) is 0 Å². The second-order valence-corrected chi connectivity index (χ2v) is 5.42. The molecule has 0 atom stereocenters. The Morgan fingerprint density at radius 3 is 2.42 bits per heavy atom. The van der Waals surface area contributed by atoms with Gasteiger partial charge in [0.1, 0.15) is 11.3 Å². The minimum atomic E-state index is -0.298. The molecule has 0 saturated heterocycles. The van der Waals surface area contributed by atoms with Crippen molar-refractivity contribution in [3.63, 3.8) is 0 Å². The van der Waals surface area contributed by atoms with Gasteiger partial charge in [-0.25, -0.2) is 4.79 Å². The third kappa shape index (κ3) is 2.34. The third-order valence-electron chi connectivity index (χ3n) is 3.93. The van der Waals surface area contributed by atoms with E-state index in [1.54, 1.807) is 0 Å². The molecule has 0 bridgehead atoms. The molecular formula is C16H20O3. The molecular weight excluding hydrogens is 240 g/mol. The molecule has 3 rings (SSSR count). The predicted molar refractivity (Wildman–Crippen MR) is 72.9 cm³/mol. The Kier molecular flexibility index (Phi) is 3.21. The van der Waals surface area contributed by atoms with Crippen LogP contribution in [0.2, 0.25) is 0 Å². The average molecular weight is 260 g/mol. The number of carbonyl (C=O) groups is 1. The van der Waals surface area contributed by atoms with Gasteiger partial charge in [-0.05, 0) is 56.1 Å². The van der Waals surface area contributed by atoms with E-state index >= 15 is 0 Å². The standard InChI is InChI=1S/C16H20O3/c1-3-19-15-13(16(17)18-2)9-8-12(10-4-5-10)14(15)11-6-7-11/h8-11H,3-7H2,1-2H3. The Morgan fingerprint density at radius 2 is 1.89 bits per heavy atom. The molecule has 1 aromatic rings. The Morgan fingerprint density at radius 1 is 1.21 bits per heavy atom. The zero-order valence-corrected chi connectivity index (χ0v) is 11.6. The van der Waals surface area contributed by atoms with Gasteiger partial charge in [-0.1, -0.05) is 6.07 Å². The van der Waals surface area contributed by atoms with Crippen LogP contribution in [0.1, 0.15) is 65.9 Å². The van der Waals surface area contributed by atoms with Gasteiger partial charge in [0.25, 0.3) is 0 Å². The number of rotatable bonds is 5. The molecule has 0 aliphatic heterocycles. The van der Waals surface area contributed by atoms with E-state index in [-0.39, 0.29) is 5.97 Å². The summed E-state index contributed by atoms with van der Waals surface area (Å²) in [5.74, 6) is 1.75. The molecule has 19 heavy (non-hydrogen) atoms. The van der Waals surface area contributed by atoms with Crippen molar-refractivity contribution in [3.8, 4) is 5.75 Å². The van der Waals surface area contributed by atoms with Crippen LogP contribution in [0.4, 0.5) is 0 Å². The average Bonchev–Trinajstić information content (AvgIpc) is 3.30. The fraction of sp³-hybridized carbons (Fsp3) is 0.562. The fourth-order valence-corrected chi connectivity index (χ4v) is 2.73. The lowest BCUT2D eigenvalue weighted by Crippen LogP contribution is -2.09. The van der Waals surface area contributed by atoms with Crippen molar-refractivity contribution in [2.24, 2.45) is 0 Å². The molecule has 102 valence electrons. The first kappa shape index (κ1) is 12.5. The van der Waals surface area contributed by atoms with Gasteiger partial charge in [0, 0.05) is 5.56 Å². The highest BCUT2D eigenvalue weighted by Crippen LogP contribution is 2.53. The van der Waals surface area contributed by atoms with Crippen LogP contribution < -0.4 is 4.74 Å². The molecule has 0 aromatic heterocycles. The monoisotopic (exact) mass is 260 g/mol. The molecule has 0 radical (unpaired) electrons. The third-order valence-corrected chi connectivity index (χ3v) is 3.93. The van der Waals surface area contributed by atoms with Crippen LogP contribution in [-0.2, 0) is 4.74 Å². The SMILES string of the molecule is CCOc1c(C(=O)OC)ccc(C2CC2)c1C1CC1. The largest absolute Gasteiger partial charge is 0.493 e. The van der Waals surface area contributed by atoms with Gasteiger partial charge in [0.15, 0.2) is 0 Å². The van der Waals surface area contributed by atoms with Crippen molar-refractivity contribution in [2.45, 2.75) is 44.4 Å². The topological polar surface area (TPSA) is 35.5 Å². The number of hydrogen-bond acceptors (Lipinski definition) is 3. The Bertz CT molecular complexity index is 499. The normalized spacial score (nSPS) is 18.2. The van der Waals surface area contributed by atoms with E-state index in [2.05, 4.69) is 6.07 Å². The van der Waals surface area contributed by atoms with Crippen molar-refractivity contribution in [1.82, 2.24) is 0 Å². The second-order valence-electron chi connectivity index (χ2n) is 5.42. The first-order valence-corrected chi connectivity index (χ1v) is 7.14. The molecule has 0 heterocycles. The Hall–Kier alpha value is -1.51. The van der Waals surface area contributed by atoms with Gasteiger partial charge in [-0.2, -0.15) is 0 Å². The van der Waals surface area contributed by atoms with Gasteiger partial charge >= 0.3 is 5.97 Å². The second kappa shape index (κ2) is 4.87. The summed E-state index contributed by atoms with van der Waals surface area (Å²) in [4.78, 5) is 11.9. The Balaban J connectivity index is 2.10. The van der Waals surface area contributed by atoms with Crippen LogP contribution in [-0.4, -0.2) is 19.7 Å². The predicted octanol–water partition coefficient (Wildman–Crippen LogP) is 3.63. The first-order chi connectivity index (χ1) is 9.26. The van der Waals surface area contributed by atoms with E-state index in [0.717, 1.165) is 5.75 Å². The highest BCUT2D eigenvalue weighted by atomic mass is 16.5. The lowest BCUT2D eigenvalue weighted by Gasteiger charge is -2.17. The van der Waals surface area contributed by atoms with Crippen molar-refractivity contribution in [1.29, 1.82) is 0 Å². The number of carbonyl (C=O) groups excluding carboxylic acids is 1. The Labute approximate surface area is 113 Å². The van der Waals surface area contributed by atoms with Gasteiger partial charge in [0.2, 0.25) is 0 Å². The van der Waals surface area contributed by atoms with Crippen LogP contribution in [0.5, 0.6) is 5.75 Å². The first-order valence-electron chi connectivity index (χ1n) is 7.14. The highest BCUT2D eigenvalue weighted by Gasteiger charge is 2.36. The fourth-order valence-electron chi connectivity index (χ4n) is 2.73. The van der Waals surface area contributed by atoms with Gasteiger partial charge in [-0.15, -0.1) is 0 Å². The number of benzene rings is 1.